The van der Waals surface area contributed by atoms with Crippen molar-refractivity contribution in [3.8, 4) is 11.5 Å². The second-order valence-corrected chi connectivity index (χ2v) is 4.94. The van der Waals surface area contributed by atoms with Gasteiger partial charge in [-0.05, 0) is 30.7 Å². The molecule has 20 heavy (non-hydrogen) atoms. The lowest BCUT2D eigenvalue weighted by molar-refractivity contribution is -0.129. The van der Waals surface area contributed by atoms with Crippen molar-refractivity contribution in [2.24, 2.45) is 5.73 Å². The fraction of sp³-hybridized carbons (Fsp3) is 0.500. The molecule has 112 valence electrons. The maximum Gasteiger partial charge on any atom is 0.225 e. The maximum absolute atomic E-state index is 11.5. The summed E-state index contributed by atoms with van der Waals surface area (Å²) in [5, 5.41) is 0.463. The molecular weight excluding hydrogens is 280 g/mol. The van der Waals surface area contributed by atoms with Crippen molar-refractivity contribution >= 4 is 17.5 Å². The molecule has 0 unspecified atom stereocenters. The zero-order valence-electron chi connectivity index (χ0n) is 12.1. The van der Waals surface area contributed by atoms with Gasteiger partial charge in [-0.1, -0.05) is 11.6 Å². The van der Waals surface area contributed by atoms with Crippen molar-refractivity contribution in [1.29, 1.82) is 0 Å². The van der Waals surface area contributed by atoms with Gasteiger partial charge >= 0.3 is 0 Å². The fourth-order valence-electron chi connectivity index (χ4n) is 1.69. The van der Waals surface area contributed by atoms with E-state index in [9.17, 15) is 4.79 Å². The molecule has 0 aromatic heterocycles. The molecule has 1 aromatic rings. The highest BCUT2D eigenvalue weighted by Crippen LogP contribution is 2.36. The van der Waals surface area contributed by atoms with Crippen molar-refractivity contribution in [2.75, 3.05) is 34.4 Å². The molecule has 0 bridgehead atoms. The number of benzene rings is 1. The first kappa shape index (κ1) is 16.6. The van der Waals surface area contributed by atoms with Gasteiger partial charge in [0.15, 0.2) is 11.5 Å². The highest BCUT2D eigenvalue weighted by molar-refractivity contribution is 6.32. The highest BCUT2D eigenvalue weighted by atomic mass is 35.5. The third-order valence-electron chi connectivity index (χ3n) is 2.78. The minimum absolute atomic E-state index is 0.000147. The standard InChI is InChI=1S/C14H21ClN2O3/c1-17(2)13(18)5-7-20-14-11(15)8-10(4-6-16)9-12(14)19-3/h8-9H,4-7,16H2,1-3H3. The molecule has 5 nitrogen and oxygen atoms in total. The van der Waals surface area contributed by atoms with Crippen molar-refractivity contribution in [2.45, 2.75) is 12.8 Å². The molecule has 0 saturated carbocycles. The number of hydrogen-bond donors (Lipinski definition) is 1. The van der Waals surface area contributed by atoms with Crippen LogP contribution in [-0.4, -0.2) is 45.2 Å². The molecular formula is C14H21ClN2O3. The van der Waals surface area contributed by atoms with Gasteiger partial charge in [-0.15, -0.1) is 0 Å². The van der Waals surface area contributed by atoms with Gasteiger partial charge in [-0.25, -0.2) is 0 Å². The highest BCUT2D eigenvalue weighted by Gasteiger charge is 2.13. The molecule has 0 saturated heterocycles. The zero-order chi connectivity index (χ0) is 15.1. The molecule has 1 rings (SSSR count). The summed E-state index contributed by atoms with van der Waals surface area (Å²) >= 11 is 6.19. The maximum atomic E-state index is 11.5. The van der Waals surface area contributed by atoms with Crippen LogP contribution in [-0.2, 0) is 11.2 Å². The molecule has 0 fully saturated rings. The van der Waals surface area contributed by atoms with E-state index >= 15 is 0 Å². The molecule has 0 aliphatic heterocycles. The zero-order valence-corrected chi connectivity index (χ0v) is 12.9. The largest absolute Gasteiger partial charge is 0.493 e. The molecule has 0 radical (unpaired) electrons. The van der Waals surface area contributed by atoms with Gasteiger partial charge in [-0.3, -0.25) is 4.79 Å². The fourth-order valence-corrected chi connectivity index (χ4v) is 1.98. The monoisotopic (exact) mass is 300 g/mol. The van der Waals surface area contributed by atoms with E-state index in [-0.39, 0.29) is 18.9 Å². The number of carbonyl (C=O) groups excluding carboxylic acids is 1. The summed E-state index contributed by atoms with van der Waals surface area (Å²) in [4.78, 5) is 13.0. The van der Waals surface area contributed by atoms with Crippen LogP contribution in [0.3, 0.4) is 0 Å². The molecule has 0 aliphatic carbocycles. The number of nitrogens with zero attached hydrogens (tertiary/aromatic N) is 1. The average molecular weight is 301 g/mol. The Labute approximate surface area is 124 Å². The van der Waals surface area contributed by atoms with Gasteiger partial charge in [-0.2, -0.15) is 0 Å². The van der Waals surface area contributed by atoms with Crippen molar-refractivity contribution in [1.82, 2.24) is 4.90 Å². The third kappa shape index (κ3) is 4.58. The Morgan fingerprint density at radius 3 is 2.65 bits per heavy atom. The normalized spacial score (nSPS) is 10.2. The van der Waals surface area contributed by atoms with E-state index in [0.717, 1.165) is 12.0 Å². The minimum Gasteiger partial charge on any atom is -0.493 e. The van der Waals surface area contributed by atoms with Crippen LogP contribution in [0.2, 0.25) is 5.02 Å². The number of carbonyl (C=O) groups is 1. The Kier molecular flexibility index (Phi) is 6.61. The number of ether oxygens (including phenoxy) is 2. The Bertz CT molecular complexity index is 464. The van der Waals surface area contributed by atoms with E-state index in [1.54, 1.807) is 27.3 Å². The van der Waals surface area contributed by atoms with Gasteiger partial charge in [0.25, 0.3) is 0 Å². The predicted octanol–water partition coefficient (Wildman–Crippen LogP) is 1.71. The van der Waals surface area contributed by atoms with Crippen LogP contribution in [0, 0.1) is 0 Å². The first-order valence-corrected chi connectivity index (χ1v) is 6.76. The SMILES string of the molecule is COc1cc(CCN)cc(Cl)c1OCCC(=O)N(C)C. The summed E-state index contributed by atoms with van der Waals surface area (Å²) < 4.78 is 10.8. The van der Waals surface area contributed by atoms with Crippen molar-refractivity contribution in [3.05, 3.63) is 22.7 Å². The Hall–Kier alpha value is -1.46. The molecule has 0 spiro atoms. The van der Waals surface area contributed by atoms with E-state index in [1.807, 2.05) is 6.07 Å². The van der Waals surface area contributed by atoms with Crippen LogP contribution >= 0.6 is 11.6 Å². The van der Waals surface area contributed by atoms with E-state index in [2.05, 4.69) is 0 Å². The lowest BCUT2D eigenvalue weighted by Gasteiger charge is -2.15. The summed E-state index contributed by atoms with van der Waals surface area (Å²) in [5.41, 5.74) is 6.52. The first-order chi connectivity index (χ1) is 9.49. The number of hydrogen-bond acceptors (Lipinski definition) is 4. The van der Waals surface area contributed by atoms with Gasteiger partial charge in [0.05, 0.1) is 25.2 Å². The molecule has 1 aromatic carbocycles. The van der Waals surface area contributed by atoms with Crippen LogP contribution < -0.4 is 15.2 Å². The van der Waals surface area contributed by atoms with E-state index in [4.69, 9.17) is 26.8 Å². The molecule has 6 heteroatoms. The van der Waals surface area contributed by atoms with E-state index in [0.29, 0.717) is 23.1 Å². The van der Waals surface area contributed by atoms with Crippen LogP contribution in [0.25, 0.3) is 0 Å². The molecule has 1 amide bonds. The van der Waals surface area contributed by atoms with Crippen molar-refractivity contribution < 1.29 is 14.3 Å². The number of nitrogens with two attached hydrogens (primary N) is 1. The molecule has 0 heterocycles. The predicted molar refractivity (Wildman–Crippen MR) is 79.6 cm³/mol. The van der Waals surface area contributed by atoms with Crippen molar-refractivity contribution in [3.63, 3.8) is 0 Å². The second kappa shape index (κ2) is 7.97. The second-order valence-electron chi connectivity index (χ2n) is 4.53. The average Bonchev–Trinajstić information content (AvgIpc) is 2.40. The summed E-state index contributed by atoms with van der Waals surface area (Å²) in [6, 6.07) is 3.65. The Morgan fingerprint density at radius 1 is 1.40 bits per heavy atom. The van der Waals surface area contributed by atoms with Crippen LogP contribution in [0.15, 0.2) is 12.1 Å². The lowest BCUT2D eigenvalue weighted by atomic mass is 10.1. The Morgan fingerprint density at radius 2 is 2.10 bits per heavy atom. The van der Waals surface area contributed by atoms with Gasteiger partial charge in [0.2, 0.25) is 5.91 Å². The number of halogens is 1. The summed E-state index contributed by atoms with van der Waals surface area (Å²) in [6.07, 6.45) is 1.01. The van der Waals surface area contributed by atoms with Gasteiger partial charge in [0.1, 0.15) is 0 Å². The van der Waals surface area contributed by atoms with Crippen LogP contribution in [0.4, 0.5) is 0 Å². The first-order valence-electron chi connectivity index (χ1n) is 6.39. The summed E-state index contributed by atoms with van der Waals surface area (Å²) in [5.74, 6) is 1.01. The van der Waals surface area contributed by atoms with Crippen LogP contribution in [0.1, 0.15) is 12.0 Å². The number of rotatable bonds is 7. The minimum atomic E-state index is -0.000147. The molecule has 0 atom stereocenters. The van der Waals surface area contributed by atoms with Gasteiger partial charge in [0, 0.05) is 14.1 Å². The molecule has 0 aliphatic rings. The number of methoxy groups -OCH3 is 1. The quantitative estimate of drug-likeness (QED) is 0.832. The Balaban J connectivity index is 2.76. The topological polar surface area (TPSA) is 64.8 Å². The summed E-state index contributed by atoms with van der Waals surface area (Å²) in [7, 11) is 4.96. The molecule has 2 N–H and O–H groups in total. The number of amides is 1. The van der Waals surface area contributed by atoms with E-state index < -0.39 is 0 Å². The third-order valence-corrected chi connectivity index (χ3v) is 3.06. The van der Waals surface area contributed by atoms with Crippen LogP contribution in [0.5, 0.6) is 11.5 Å². The smallest absolute Gasteiger partial charge is 0.225 e. The van der Waals surface area contributed by atoms with E-state index in [1.165, 1.54) is 4.90 Å². The lowest BCUT2D eigenvalue weighted by Crippen LogP contribution is -2.23. The summed E-state index contributed by atoms with van der Waals surface area (Å²) in [6.45, 7) is 0.792. The van der Waals surface area contributed by atoms with Gasteiger partial charge < -0.3 is 20.1 Å².